The molecule has 1 aromatic carbocycles. The first-order chi connectivity index (χ1) is 13.8. The molecule has 4 rings (SSSR count). The lowest BCUT2D eigenvalue weighted by Gasteiger charge is -2.36. The Morgan fingerprint density at radius 1 is 1.07 bits per heavy atom. The van der Waals surface area contributed by atoms with Gasteiger partial charge >= 0.3 is 0 Å². The summed E-state index contributed by atoms with van der Waals surface area (Å²) >= 11 is 0. The van der Waals surface area contributed by atoms with Crippen LogP contribution in [0.3, 0.4) is 0 Å². The summed E-state index contributed by atoms with van der Waals surface area (Å²) in [6.45, 7) is 3.94. The molecule has 1 aliphatic heterocycles. The molecule has 0 spiro atoms. The number of nitrogens with one attached hydrogen (secondary N) is 1. The molecule has 0 amide bonds. The van der Waals surface area contributed by atoms with Crippen LogP contribution in [-0.4, -0.2) is 59.2 Å². The number of aliphatic imine (C=N–C) groups is 1. The summed E-state index contributed by atoms with van der Waals surface area (Å²) in [4.78, 5) is 17.5. The van der Waals surface area contributed by atoms with E-state index in [4.69, 9.17) is 4.52 Å². The maximum absolute atomic E-state index is 5.47. The van der Waals surface area contributed by atoms with Gasteiger partial charge in [-0.3, -0.25) is 4.99 Å². The number of benzene rings is 1. The number of aromatic nitrogens is 3. The molecule has 2 aromatic heterocycles. The van der Waals surface area contributed by atoms with E-state index in [0.29, 0.717) is 6.54 Å². The Bertz CT molecular complexity index is 909. The van der Waals surface area contributed by atoms with Crippen LogP contribution in [0.5, 0.6) is 0 Å². The molecule has 0 aliphatic carbocycles. The van der Waals surface area contributed by atoms with E-state index < -0.39 is 0 Å². The van der Waals surface area contributed by atoms with Crippen LogP contribution < -0.4 is 10.2 Å². The number of hydrogen-bond donors (Lipinski definition) is 1. The van der Waals surface area contributed by atoms with Gasteiger partial charge in [0.15, 0.2) is 11.7 Å². The maximum atomic E-state index is 5.47. The van der Waals surface area contributed by atoms with E-state index in [1.807, 2.05) is 42.5 Å². The Morgan fingerprint density at radius 3 is 2.48 bits per heavy atom. The summed E-state index contributed by atoms with van der Waals surface area (Å²) in [7, 11) is 1.80. The van der Waals surface area contributed by atoms with Crippen molar-refractivity contribution in [3.8, 4) is 11.3 Å². The average Bonchev–Trinajstić information content (AvgIpc) is 3.25. The van der Waals surface area contributed by atoms with Gasteiger partial charge < -0.3 is 19.6 Å². The second-order valence-electron chi connectivity index (χ2n) is 6.47. The third-order valence-corrected chi connectivity index (χ3v) is 4.68. The lowest BCUT2D eigenvalue weighted by atomic mass is 10.1. The molecule has 0 saturated carbocycles. The van der Waals surface area contributed by atoms with E-state index in [1.54, 1.807) is 19.4 Å². The van der Waals surface area contributed by atoms with Gasteiger partial charge in [0.25, 0.3) is 0 Å². The number of rotatable bonds is 4. The van der Waals surface area contributed by atoms with Gasteiger partial charge in [0, 0.05) is 57.3 Å². The molecule has 3 aromatic rings. The van der Waals surface area contributed by atoms with E-state index in [0.717, 1.165) is 55.1 Å². The number of anilines is 1. The molecule has 9 heteroatoms. The van der Waals surface area contributed by atoms with Crippen LogP contribution in [0.25, 0.3) is 11.3 Å². The molecule has 1 aliphatic rings. The highest BCUT2D eigenvalue weighted by molar-refractivity contribution is 14.0. The fraction of sp³-hybridized carbons (Fsp3) is 0.300. The van der Waals surface area contributed by atoms with Crippen molar-refractivity contribution in [3.05, 3.63) is 60.6 Å². The third kappa shape index (κ3) is 5.22. The zero-order valence-electron chi connectivity index (χ0n) is 16.2. The number of nitrogens with zero attached hydrogens (tertiary/aromatic N) is 6. The van der Waals surface area contributed by atoms with Crippen LogP contribution in [0.15, 0.2) is 64.4 Å². The summed E-state index contributed by atoms with van der Waals surface area (Å²) in [6, 6.07) is 13.8. The lowest BCUT2D eigenvalue weighted by molar-refractivity contribution is 0.357. The third-order valence-electron chi connectivity index (χ3n) is 4.68. The van der Waals surface area contributed by atoms with Crippen LogP contribution in [0.2, 0.25) is 0 Å². The van der Waals surface area contributed by atoms with Crippen LogP contribution in [0, 0.1) is 0 Å². The topological polar surface area (TPSA) is 82.7 Å². The minimum absolute atomic E-state index is 0. The van der Waals surface area contributed by atoms with E-state index in [2.05, 4.69) is 35.2 Å². The molecule has 152 valence electrons. The van der Waals surface area contributed by atoms with Crippen molar-refractivity contribution in [3.63, 3.8) is 0 Å². The molecule has 1 fully saturated rings. The first-order valence-corrected chi connectivity index (χ1v) is 9.32. The summed E-state index contributed by atoms with van der Waals surface area (Å²) in [5.74, 6) is 2.41. The standard InChI is InChI=1S/C20H23N7O.HI/c1-21-19(26-10-12-27(13-11-26)20-22-8-5-9-23-20)24-15-17-14-18(25-28-17)16-6-3-2-4-7-16;/h2-9,14H,10-13,15H2,1H3,(H,21,24);1H. The first kappa shape index (κ1) is 21.0. The van der Waals surface area contributed by atoms with Gasteiger partial charge in [0.05, 0.1) is 6.54 Å². The van der Waals surface area contributed by atoms with Gasteiger partial charge in [-0.15, -0.1) is 24.0 Å². The maximum Gasteiger partial charge on any atom is 0.225 e. The van der Waals surface area contributed by atoms with E-state index in [9.17, 15) is 0 Å². The zero-order valence-corrected chi connectivity index (χ0v) is 18.6. The zero-order chi connectivity index (χ0) is 19.2. The first-order valence-electron chi connectivity index (χ1n) is 9.32. The molecule has 29 heavy (non-hydrogen) atoms. The molecule has 0 atom stereocenters. The fourth-order valence-corrected chi connectivity index (χ4v) is 3.21. The lowest BCUT2D eigenvalue weighted by Crippen LogP contribution is -2.52. The van der Waals surface area contributed by atoms with Crippen molar-refractivity contribution >= 4 is 35.9 Å². The molecular weight excluding hydrogens is 481 g/mol. The Morgan fingerprint density at radius 2 is 1.79 bits per heavy atom. The molecule has 3 heterocycles. The average molecular weight is 505 g/mol. The SMILES string of the molecule is CN=C(NCc1cc(-c2ccccc2)no1)N1CCN(c2ncccn2)CC1.I. The monoisotopic (exact) mass is 505 g/mol. The summed E-state index contributed by atoms with van der Waals surface area (Å²) < 4.78 is 5.47. The van der Waals surface area contributed by atoms with Crippen LogP contribution in [-0.2, 0) is 6.54 Å². The van der Waals surface area contributed by atoms with E-state index >= 15 is 0 Å². The second-order valence-corrected chi connectivity index (χ2v) is 6.47. The fourth-order valence-electron chi connectivity index (χ4n) is 3.21. The van der Waals surface area contributed by atoms with Crippen molar-refractivity contribution in [2.24, 2.45) is 4.99 Å². The molecule has 0 unspecified atom stereocenters. The highest BCUT2D eigenvalue weighted by Crippen LogP contribution is 2.18. The number of hydrogen-bond acceptors (Lipinski definition) is 6. The Kier molecular flexibility index (Phi) is 7.39. The smallest absolute Gasteiger partial charge is 0.225 e. The van der Waals surface area contributed by atoms with Crippen molar-refractivity contribution in [1.29, 1.82) is 0 Å². The van der Waals surface area contributed by atoms with Crippen LogP contribution in [0.1, 0.15) is 5.76 Å². The van der Waals surface area contributed by atoms with Gasteiger partial charge in [-0.1, -0.05) is 35.5 Å². The Labute approximate surface area is 187 Å². The minimum atomic E-state index is 0. The quantitative estimate of drug-likeness (QED) is 0.332. The minimum Gasteiger partial charge on any atom is -0.359 e. The molecule has 8 nitrogen and oxygen atoms in total. The van der Waals surface area contributed by atoms with Gasteiger partial charge in [-0.25, -0.2) is 9.97 Å². The highest BCUT2D eigenvalue weighted by Gasteiger charge is 2.21. The largest absolute Gasteiger partial charge is 0.359 e. The summed E-state index contributed by atoms with van der Waals surface area (Å²) in [6.07, 6.45) is 3.55. The molecule has 1 N–H and O–H groups in total. The molecule has 0 radical (unpaired) electrons. The van der Waals surface area contributed by atoms with E-state index in [1.165, 1.54) is 0 Å². The van der Waals surface area contributed by atoms with Crippen molar-refractivity contribution < 1.29 is 4.52 Å². The van der Waals surface area contributed by atoms with Crippen molar-refractivity contribution in [2.45, 2.75) is 6.54 Å². The predicted octanol–water partition coefficient (Wildman–Crippen LogP) is 2.65. The van der Waals surface area contributed by atoms with Gasteiger partial charge in [0.2, 0.25) is 5.95 Å². The summed E-state index contributed by atoms with van der Waals surface area (Å²) in [5.41, 5.74) is 1.88. The second kappa shape index (κ2) is 10.2. The molecule has 0 bridgehead atoms. The number of piperazine rings is 1. The van der Waals surface area contributed by atoms with Crippen molar-refractivity contribution in [1.82, 2.24) is 25.3 Å². The number of halogens is 1. The normalized spacial score (nSPS) is 14.4. The van der Waals surface area contributed by atoms with Gasteiger partial charge in [-0.05, 0) is 6.07 Å². The van der Waals surface area contributed by atoms with Gasteiger partial charge in [0.1, 0.15) is 5.69 Å². The number of guanidine groups is 1. The predicted molar refractivity (Wildman–Crippen MR) is 123 cm³/mol. The van der Waals surface area contributed by atoms with Gasteiger partial charge in [-0.2, -0.15) is 0 Å². The van der Waals surface area contributed by atoms with Crippen LogP contribution in [0.4, 0.5) is 5.95 Å². The van der Waals surface area contributed by atoms with Crippen molar-refractivity contribution in [2.75, 3.05) is 38.1 Å². The summed E-state index contributed by atoms with van der Waals surface area (Å²) in [5, 5.41) is 7.52. The van der Waals surface area contributed by atoms with E-state index in [-0.39, 0.29) is 24.0 Å². The Hall–Kier alpha value is -2.69. The molecule has 1 saturated heterocycles. The van der Waals surface area contributed by atoms with Crippen LogP contribution >= 0.6 is 24.0 Å². The Balaban J connectivity index is 0.00000240. The molecular formula is C20H24IN7O. The highest BCUT2D eigenvalue weighted by atomic mass is 127.